The third kappa shape index (κ3) is 5.47. The molecule has 27 heavy (non-hydrogen) atoms. The minimum absolute atomic E-state index is 0.207. The number of aryl methyl sites for hydroxylation is 1. The van der Waals surface area contributed by atoms with Gasteiger partial charge in [-0.05, 0) is 55.2 Å². The molecule has 2 aromatic rings. The number of rotatable bonds is 8. The van der Waals surface area contributed by atoms with E-state index in [2.05, 4.69) is 5.32 Å². The van der Waals surface area contributed by atoms with E-state index in [0.717, 1.165) is 30.4 Å². The number of anilines is 1. The molecule has 0 aliphatic rings. The van der Waals surface area contributed by atoms with Crippen LogP contribution in [-0.4, -0.2) is 41.3 Å². The second kappa shape index (κ2) is 8.90. The zero-order valence-electron chi connectivity index (χ0n) is 16.2. The van der Waals surface area contributed by atoms with Crippen LogP contribution >= 0.6 is 0 Å². The summed E-state index contributed by atoms with van der Waals surface area (Å²) < 4.78 is 29.9. The van der Waals surface area contributed by atoms with E-state index in [1.54, 1.807) is 32.2 Å². The number of benzene rings is 2. The number of sulfonamides is 1. The molecule has 0 aromatic heterocycles. The molecule has 2 rings (SSSR count). The van der Waals surface area contributed by atoms with Crippen LogP contribution in [0.4, 0.5) is 5.69 Å². The van der Waals surface area contributed by atoms with Gasteiger partial charge >= 0.3 is 0 Å². The summed E-state index contributed by atoms with van der Waals surface area (Å²) in [6, 6.07) is 12.9. The summed E-state index contributed by atoms with van der Waals surface area (Å²) >= 11 is 0. The molecule has 0 radical (unpaired) electrons. The van der Waals surface area contributed by atoms with Crippen molar-refractivity contribution in [2.24, 2.45) is 0 Å². The first-order valence-corrected chi connectivity index (χ1v) is 10.5. The summed E-state index contributed by atoms with van der Waals surface area (Å²) in [5.74, 6) is 0.612. The molecule has 6 nitrogen and oxygen atoms in total. The summed E-state index contributed by atoms with van der Waals surface area (Å²) in [7, 11) is -0.271. The highest BCUT2D eigenvalue weighted by molar-refractivity contribution is 7.92. The highest BCUT2D eigenvalue weighted by atomic mass is 32.2. The summed E-state index contributed by atoms with van der Waals surface area (Å²) in [5.41, 5.74) is 2.76. The van der Waals surface area contributed by atoms with E-state index in [1.165, 1.54) is 11.4 Å². The molecule has 1 amide bonds. The molecule has 0 bridgehead atoms. The van der Waals surface area contributed by atoms with Gasteiger partial charge in [-0.15, -0.1) is 0 Å². The zero-order valence-corrected chi connectivity index (χ0v) is 17.0. The summed E-state index contributed by atoms with van der Waals surface area (Å²) in [6.07, 6.45) is 2.76. The van der Waals surface area contributed by atoms with Gasteiger partial charge in [0.1, 0.15) is 5.75 Å². The maximum absolute atomic E-state index is 12.5. The number of carbonyl (C=O) groups is 1. The quantitative estimate of drug-likeness (QED) is 0.703. The Morgan fingerprint density at radius 3 is 2.56 bits per heavy atom. The molecule has 0 fully saturated rings. The van der Waals surface area contributed by atoms with Gasteiger partial charge in [-0.25, -0.2) is 8.42 Å². The molecule has 0 unspecified atom stereocenters. The SMILES string of the molecule is COc1cccc(CCCNC(=O)c2cccc(N(C)S(C)(=O)=O)c2C)c1. The average Bonchev–Trinajstić information content (AvgIpc) is 2.64. The van der Waals surface area contributed by atoms with Gasteiger partial charge in [0, 0.05) is 19.2 Å². The minimum Gasteiger partial charge on any atom is -0.497 e. The Morgan fingerprint density at radius 1 is 1.19 bits per heavy atom. The Hall–Kier alpha value is -2.54. The summed E-state index contributed by atoms with van der Waals surface area (Å²) in [4.78, 5) is 12.5. The van der Waals surface area contributed by atoms with E-state index in [1.807, 2.05) is 24.3 Å². The molecular formula is C20H26N2O4S. The van der Waals surface area contributed by atoms with Gasteiger partial charge in [0.15, 0.2) is 0 Å². The number of methoxy groups -OCH3 is 1. The van der Waals surface area contributed by atoms with Gasteiger partial charge in [-0.1, -0.05) is 18.2 Å². The van der Waals surface area contributed by atoms with Crippen LogP contribution in [-0.2, 0) is 16.4 Å². The Labute approximate surface area is 161 Å². The van der Waals surface area contributed by atoms with Gasteiger partial charge < -0.3 is 10.1 Å². The molecule has 0 saturated carbocycles. The Morgan fingerprint density at radius 2 is 1.89 bits per heavy atom. The highest BCUT2D eigenvalue weighted by Gasteiger charge is 2.18. The zero-order chi connectivity index (χ0) is 20.0. The number of ether oxygens (including phenoxy) is 1. The van der Waals surface area contributed by atoms with E-state index in [-0.39, 0.29) is 5.91 Å². The molecule has 0 atom stereocenters. The first kappa shape index (κ1) is 20.8. The molecule has 0 saturated heterocycles. The first-order chi connectivity index (χ1) is 12.7. The van der Waals surface area contributed by atoms with Crippen molar-refractivity contribution in [2.45, 2.75) is 19.8 Å². The Kier molecular flexibility index (Phi) is 6.85. The van der Waals surface area contributed by atoms with Crippen LogP contribution in [0.3, 0.4) is 0 Å². The molecule has 1 N–H and O–H groups in total. The fraction of sp³-hybridized carbons (Fsp3) is 0.350. The lowest BCUT2D eigenvalue weighted by Gasteiger charge is -2.20. The van der Waals surface area contributed by atoms with Crippen LogP contribution in [0, 0.1) is 6.92 Å². The van der Waals surface area contributed by atoms with Crippen LogP contribution in [0.1, 0.15) is 27.9 Å². The maximum Gasteiger partial charge on any atom is 0.251 e. The van der Waals surface area contributed by atoms with Gasteiger partial charge in [0.05, 0.1) is 19.1 Å². The fourth-order valence-corrected chi connectivity index (χ4v) is 3.36. The topological polar surface area (TPSA) is 75.7 Å². The predicted octanol–water partition coefficient (Wildman–Crippen LogP) is 2.76. The van der Waals surface area contributed by atoms with Crippen LogP contribution in [0.2, 0.25) is 0 Å². The lowest BCUT2D eigenvalue weighted by molar-refractivity contribution is 0.0952. The molecule has 146 valence electrons. The van der Waals surface area contributed by atoms with Crippen molar-refractivity contribution >= 4 is 21.6 Å². The van der Waals surface area contributed by atoms with Crippen LogP contribution in [0.15, 0.2) is 42.5 Å². The third-order valence-corrected chi connectivity index (χ3v) is 5.64. The van der Waals surface area contributed by atoms with E-state index in [0.29, 0.717) is 23.4 Å². The van der Waals surface area contributed by atoms with Crippen LogP contribution in [0.5, 0.6) is 5.75 Å². The normalized spacial score (nSPS) is 11.1. The van der Waals surface area contributed by atoms with Crippen molar-refractivity contribution in [3.8, 4) is 5.75 Å². The lowest BCUT2D eigenvalue weighted by Crippen LogP contribution is -2.28. The number of amides is 1. The monoisotopic (exact) mass is 390 g/mol. The predicted molar refractivity (Wildman–Crippen MR) is 108 cm³/mol. The van der Waals surface area contributed by atoms with Crippen molar-refractivity contribution in [3.05, 3.63) is 59.2 Å². The molecular weight excluding hydrogens is 364 g/mol. The van der Waals surface area contributed by atoms with Crippen LogP contribution < -0.4 is 14.4 Å². The Bertz CT molecular complexity index is 910. The van der Waals surface area contributed by atoms with Gasteiger partial charge in [-0.2, -0.15) is 0 Å². The maximum atomic E-state index is 12.5. The van der Waals surface area contributed by atoms with Crippen molar-refractivity contribution in [2.75, 3.05) is 31.3 Å². The second-order valence-electron chi connectivity index (χ2n) is 6.39. The van der Waals surface area contributed by atoms with E-state index >= 15 is 0 Å². The smallest absolute Gasteiger partial charge is 0.251 e. The standard InChI is InChI=1S/C20H26N2O4S/c1-15-18(11-6-12-19(15)22(2)27(4,24)25)20(23)21-13-7-9-16-8-5-10-17(14-16)26-3/h5-6,8,10-12,14H,7,9,13H2,1-4H3,(H,21,23). The molecule has 0 aliphatic heterocycles. The summed E-state index contributed by atoms with van der Waals surface area (Å²) in [6.45, 7) is 2.28. The van der Waals surface area contributed by atoms with Crippen LogP contribution in [0.25, 0.3) is 0 Å². The first-order valence-electron chi connectivity index (χ1n) is 8.68. The van der Waals surface area contributed by atoms with Crippen molar-refractivity contribution in [1.82, 2.24) is 5.32 Å². The third-order valence-electron chi connectivity index (χ3n) is 4.45. The molecule has 2 aromatic carbocycles. The molecule has 7 heteroatoms. The van der Waals surface area contributed by atoms with E-state index in [4.69, 9.17) is 4.74 Å². The van der Waals surface area contributed by atoms with Crippen molar-refractivity contribution in [1.29, 1.82) is 0 Å². The number of hydrogen-bond acceptors (Lipinski definition) is 4. The minimum atomic E-state index is -3.39. The van der Waals surface area contributed by atoms with Crippen molar-refractivity contribution < 1.29 is 17.9 Å². The number of nitrogens with zero attached hydrogens (tertiary/aromatic N) is 1. The van der Waals surface area contributed by atoms with Gasteiger partial charge in [0.25, 0.3) is 5.91 Å². The van der Waals surface area contributed by atoms with Gasteiger partial charge in [0.2, 0.25) is 10.0 Å². The van der Waals surface area contributed by atoms with Crippen molar-refractivity contribution in [3.63, 3.8) is 0 Å². The Balaban J connectivity index is 1.98. The number of nitrogens with one attached hydrogen (secondary N) is 1. The van der Waals surface area contributed by atoms with E-state index in [9.17, 15) is 13.2 Å². The van der Waals surface area contributed by atoms with Gasteiger partial charge in [-0.3, -0.25) is 9.10 Å². The molecule has 0 aliphatic carbocycles. The number of hydrogen-bond donors (Lipinski definition) is 1. The van der Waals surface area contributed by atoms with E-state index < -0.39 is 10.0 Å². The molecule has 0 spiro atoms. The molecule has 0 heterocycles. The summed E-state index contributed by atoms with van der Waals surface area (Å²) in [5, 5.41) is 2.91. The second-order valence-corrected chi connectivity index (χ2v) is 8.40. The average molecular weight is 391 g/mol. The largest absolute Gasteiger partial charge is 0.497 e. The highest BCUT2D eigenvalue weighted by Crippen LogP contribution is 2.24. The lowest BCUT2D eigenvalue weighted by atomic mass is 10.1. The number of carbonyl (C=O) groups excluding carboxylic acids is 1. The fourth-order valence-electron chi connectivity index (χ4n) is 2.81.